The quantitative estimate of drug-likeness (QED) is 0.0766. The topological polar surface area (TPSA) is 83.2 Å². The van der Waals surface area contributed by atoms with E-state index in [1.54, 1.807) is 34.0 Å². The Morgan fingerprint density at radius 3 is 2.25 bits per heavy atom. The lowest BCUT2D eigenvalue weighted by Gasteiger charge is -2.25. The van der Waals surface area contributed by atoms with E-state index in [0.29, 0.717) is 19.8 Å². The van der Waals surface area contributed by atoms with Crippen LogP contribution in [-0.2, 0) is 22.3 Å². The molecule has 3 aromatic heterocycles. The molecular weight excluding hydrogens is 581 g/mol. The molecule has 11 heteroatoms. The predicted molar refractivity (Wildman–Crippen MR) is 172 cm³/mol. The van der Waals surface area contributed by atoms with Crippen molar-refractivity contribution in [2.24, 2.45) is 5.73 Å². The van der Waals surface area contributed by atoms with Gasteiger partial charge in [-0.05, 0) is 84.6 Å². The van der Waals surface area contributed by atoms with Crippen LogP contribution in [0.4, 0.5) is 0 Å². The number of fused-ring (bicyclic) bond motifs is 1. The number of nitrogens with two attached hydrogens (primary N) is 1. The Labute approximate surface area is 256 Å². The van der Waals surface area contributed by atoms with E-state index >= 15 is 0 Å². The molecule has 1 unspecified atom stereocenters. The first kappa shape index (κ1) is 31.9. The van der Waals surface area contributed by atoms with E-state index in [4.69, 9.17) is 37.1 Å². The summed E-state index contributed by atoms with van der Waals surface area (Å²) < 4.78 is 33.4. The van der Waals surface area contributed by atoms with E-state index in [9.17, 15) is 0 Å². The molecule has 1 aliphatic rings. The SMILES string of the molecule is [B]CCCCCOCCCc1ccsc1-c1sc(-c2sccc2CCOCCCCSO)c2c1OC(CN)CO2. The maximum Gasteiger partial charge on any atom is 0.182 e. The Hall–Kier alpha value is -1.05. The van der Waals surface area contributed by atoms with Gasteiger partial charge in [0.05, 0.1) is 34.0 Å². The Kier molecular flexibility index (Phi) is 14.2. The summed E-state index contributed by atoms with van der Waals surface area (Å²) >= 11 is 6.16. The number of hydrogen-bond acceptors (Lipinski definition) is 10. The average molecular weight is 622 g/mol. The number of ether oxygens (including phenoxy) is 4. The molecule has 1 aliphatic heterocycles. The summed E-state index contributed by atoms with van der Waals surface area (Å²) in [7, 11) is 5.57. The molecule has 0 saturated carbocycles. The summed E-state index contributed by atoms with van der Waals surface area (Å²) in [4.78, 5) is 4.74. The van der Waals surface area contributed by atoms with Crippen molar-refractivity contribution in [2.75, 3.05) is 45.3 Å². The van der Waals surface area contributed by atoms with Crippen LogP contribution in [0.5, 0.6) is 11.5 Å². The highest BCUT2D eigenvalue weighted by Crippen LogP contribution is 2.57. The summed E-state index contributed by atoms with van der Waals surface area (Å²) in [6.45, 7) is 3.84. The smallest absolute Gasteiger partial charge is 0.182 e. The summed E-state index contributed by atoms with van der Waals surface area (Å²) in [5.41, 5.74) is 8.57. The molecule has 1 atom stereocenters. The Balaban J connectivity index is 1.45. The van der Waals surface area contributed by atoms with Crippen molar-refractivity contribution in [1.82, 2.24) is 0 Å². The number of thiophene rings is 3. The molecule has 0 aliphatic carbocycles. The normalized spacial score (nSPS) is 14.7. The Morgan fingerprint density at radius 2 is 1.52 bits per heavy atom. The molecule has 2 radical (unpaired) electrons. The number of unbranched alkanes of at least 4 members (excludes halogenated alkanes) is 3. The third-order valence-corrected chi connectivity index (χ3v) is 10.6. The highest BCUT2D eigenvalue weighted by atomic mass is 32.2. The average Bonchev–Trinajstić information content (AvgIpc) is 3.72. The molecule has 6 nitrogen and oxygen atoms in total. The minimum atomic E-state index is -0.148. The van der Waals surface area contributed by atoms with Crippen molar-refractivity contribution in [1.29, 1.82) is 0 Å². The van der Waals surface area contributed by atoms with E-state index in [1.807, 2.05) is 0 Å². The first-order chi connectivity index (χ1) is 19.8. The van der Waals surface area contributed by atoms with Gasteiger partial charge in [-0.2, -0.15) is 0 Å². The van der Waals surface area contributed by atoms with Gasteiger partial charge in [0.25, 0.3) is 0 Å². The van der Waals surface area contributed by atoms with Gasteiger partial charge in [0.1, 0.15) is 12.7 Å². The number of rotatable bonds is 20. The molecule has 4 rings (SSSR count). The van der Waals surface area contributed by atoms with E-state index in [1.165, 1.54) is 20.9 Å². The fraction of sp³-hybridized carbons (Fsp3) is 0.586. The van der Waals surface area contributed by atoms with Crippen LogP contribution in [0.3, 0.4) is 0 Å². The monoisotopic (exact) mass is 621 g/mol. The zero-order chi connectivity index (χ0) is 28.0. The van der Waals surface area contributed by atoms with Gasteiger partial charge < -0.3 is 29.2 Å². The van der Waals surface area contributed by atoms with E-state index in [0.717, 1.165) is 117 Å². The number of aryl methyl sites for hydroxylation is 1. The second-order valence-electron chi connectivity index (χ2n) is 9.72. The molecular formula is C29H40BNO5S4. The van der Waals surface area contributed by atoms with Crippen LogP contribution in [0.15, 0.2) is 22.9 Å². The van der Waals surface area contributed by atoms with Crippen LogP contribution in [0.2, 0.25) is 6.32 Å². The van der Waals surface area contributed by atoms with Crippen LogP contribution in [0, 0.1) is 0 Å². The first-order valence-corrected chi connectivity index (χ1v) is 17.7. The van der Waals surface area contributed by atoms with Gasteiger partial charge in [-0.1, -0.05) is 19.2 Å². The molecule has 3 N–H and O–H groups in total. The van der Waals surface area contributed by atoms with Gasteiger partial charge in [0.2, 0.25) is 0 Å². The van der Waals surface area contributed by atoms with Gasteiger partial charge in [0, 0.05) is 32.1 Å². The minimum absolute atomic E-state index is 0.148. The fourth-order valence-electron chi connectivity index (χ4n) is 4.54. The van der Waals surface area contributed by atoms with Gasteiger partial charge in [-0.15, -0.1) is 34.0 Å². The zero-order valence-electron chi connectivity index (χ0n) is 23.1. The third kappa shape index (κ3) is 8.98. The summed E-state index contributed by atoms with van der Waals surface area (Å²) in [5.74, 6) is 2.43. The largest absolute Gasteiger partial charge is 0.484 e. The molecule has 40 heavy (non-hydrogen) atoms. The van der Waals surface area contributed by atoms with Gasteiger partial charge in [-0.25, -0.2) is 0 Å². The standard InChI is InChI=1S/C29H40BNO5S4/c30-11-2-1-3-12-33-14-6-7-21-9-17-37-26(21)29-25-24(35-20-23(19-31)36-25)28(40-29)27-22(10-18-38-27)8-15-34-13-4-5-16-39-32/h9-10,17-18,23,32H,1-8,11-16,19-20,31H2. The highest BCUT2D eigenvalue weighted by Gasteiger charge is 2.32. The van der Waals surface area contributed by atoms with Crippen LogP contribution in [0.25, 0.3) is 19.5 Å². The molecule has 0 amide bonds. The van der Waals surface area contributed by atoms with E-state index in [-0.39, 0.29) is 6.10 Å². The molecule has 0 bridgehead atoms. The molecule has 3 aromatic rings. The summed E-state index contributed by atoms with van der Waals surface area (Å²) in [6.07, 6.45) is 8.59. The van der Waals surface area contributed by atoms with E-state index < -0.39 is 0 Å². The van der Waals surface area contributed by atoms with Crippen molar-refractivity contribution in [3.63, 3.8) is 0 Å². The Morgan fingerprint density at radius 1 is 0.850 bits per heavy atom. The molecule has 0 saturated heterocycles. The van der Waals surface area contributed by atoms with Gasteiger partial charge >= 0.3 is 0 Å². The fourth-order valence-corrected chi connectivity index (χ4v) is 8.32. The predicted octanol–water partition coefficient (Wildman–Crippen LogP) is 7.56. The Bertz CT molecular complexity index is 1130. The molecule has 0 aromatic carbocycles. The van der Waals surface area contributed by atoms with Crippen LogP contribution >= 0.6 is 46.1 Å². The molecule has 218 valence electrons. The van der Waals surface area contributed by atoms with Crippen molar-refractivity contribution >= 4 is 53.9 Å². The van der Waals surface area contributed by atoms with Crippen molar-refractivity contribution in [3.05, 3.63) is 34.0 Å². The minimum Gasteiger partial charge on any atom is -0.484 e. The van der Waals surface area contributed by atoms with Gasteiger partial charge in [0.15, 0.2) is 11.5 Å². The van der Waals surface area contributed by atoms with Crippen molar-refractivity contribution in [3.8, 4) is 31.0 Å². The summed E-state index contributed by atoms with van der Waals surface area (Å²) in [5, 5.41) is 4.31. The molecule has 4 heterocycles. The van der Waals surface area contributed by atoms with Crippen LogP contribution < -0.4 is 15.2 Å². The van der Waals surface area contributed by atoms with Crippen molar-refractivity contribution < 1.29 is 23.5 Å². The lowest BCUT2D eigenvalue weighted by molar-refractivity contribution is 0.0995. The molecule has 0 fully saturated rings. The maximum absolute atomic E-state index is 8.86. The summed E-state index contributed by atoms with van der Waals surface area (Å²) in [6, 6.07) is 4.42. The second kappa shape index (κ2) is 17.8. The lowest BCUT2D eigenvalue weighted by Crippen LogP contribution is -2.35. The van der Waals surface area contributed by atoms with E-state index in [2.05, 4.69) is 22.9 Å². The lowest BCUT2D eigenvalue weighted by atomic mass is 10.00. The van der Waals surface area contributed by atoms with Gasteiger partial charge in [-0.3, -0.25) is 0 Å². The van der Waals surface area contributed by atoms with Crippen molar-refractivity contribution in [2.45, 2.75) is 63.8 Å². The maximum atomic E-state index is 8.86. The van der Waals surface area contributed by atoms with Crippen LogP contribution in [-0.4, -0.2) is 63.8 Å². The highest BCUT2D eigenvalue weighted by molar-refractivity contribution is 7.93. The second-order valence-corrected chi connectivity index (χ2v) is 13.2. The third-order valence-electron chi connectivity index (χ3n) is 6.71. The van der Waals surface area contributed by atoms with Crippen LogP contribution in [0.1, 0.15) is 49.7 Å². The molecule has 0 spiro atoms. The number of hydrogen-bond donors (Lipinski definition) is 2. The first-order valence-electron chi connectivity index (χ1n) is 14.2. The zero-order valence-corrected chi connectivity index (χ0v) is 26.3.